The van der Waals surface area contributed by atoms with E-state index in [1.807, 2.05) is 18.2 Å². The van der Waals surface area contributed by atoms with Crippen LogP contribution in [0.4, 0.5) is 4.39 Å². The highest BCUT2D eigenvalue weighted by Crippen LogP contribution is 2.31. The summed E-state index contributed by atoms with van der Waals surface area (Å²) in [5.74, 6) is -0.873. The first-order valence-electron chi connectivity index (χ1n) is 10.3. The van der Waals surface area contributed by atoms with E-state index < -0.39 is 18.6 Å². The van der Waals surface area contributed by atoms with Crippen molar-refractivity contribution in [1.29, 1.82) is 0 Å². The number of hydrogen-bond acceptors (Lipinski definition) is 5. The third kappa shape index (κ3) is 4.04. The lowest BCUT2D eigenvalue weighted by Crippen LogP contribution is -2.52. The lowest BCUT2D eigenvalue weighted by Gasteiger charge is -2.34. The molecule has 4 rings (SSSR count). The van der Waals surface area contributed by atoms with Crippen molar-refractivity contribution in [3.05, 3.63) is 34.9 Å². The number of alkyl halides is 1. The number of rotatable bonds is 6. The number of halogens is 1. The van der Waals surface area contributed by atoms with Crippen molar-refractivity contribution in [2.45, 2.75) is 50.9 Å². The minimum atomic E-state index is -0.620. The molecule has 3 aliphatic rings. The van der Waals surface area contributed by atoms with E-state index in [2.05, 4.69) is 15.5 Å². The van der Waals surface area contributed by atoms with Crippen LogP contribution in [0.3, 0.4) is 0 Å². The number of benzene rings is 1. The average molecular weight is 402 g/mol. The number of carbonyl (C=O) groups excluding carboxylic acids is 3. The molecule has 0 spiro atoms. The van der Waals surface area contributed by atoms with Gasteiger partial charge < -0.3 is 10.2 Å². The highest BCUT2D eigenvalue weighted by molar-refractivity contribution is 6.05. The SMILES string of the molecule is O=C1CCC(N2Cc3cccc(CN(CCF)C4CCCNC4)c3C2=O)C(=O)N1. The van der Waals surface area contributed by atoms with Crippen LogP contribution in [0.5, 0.6) is 0 Å². The molecule has 2 unspecified atom stereocenters. The van der Waals surface area contributed by atoms with Crippen LogP contribution < -0.4 is 10.6 Å². The number of hydrogen-bond donors (Lipinski definition) is 2. The second kappa shape index (κ2) is 8.59. The lowest BCUT2D eigenvalue weighted by molar-refractivity contribution is -0.136. The van der Waals surface area contributed by atoms with Crippen molar-refractivity contribution in [3.8, 4) is 0 Å². The summed E-state index contributed by atoms with van der Waals surface area (Å²) in [6.45, 7) is 2.59. The molecule has 0 aliphatic carbocycles. The molecule has 2 fully saturated rings. The van der Waals surface area contributed by atoms with E-state index in [0.717, 1.165) is 37.1 Å². The van der Waals surface area contributed by atoms with Gasteiger partial charge in [0.15, 0.2) is 0 Å². The van der Waals surface area contributed by atoms with E-state index in [-0.39, 0.29) is 24.3 Å². The van der Waals surface area contributed by atoms with Crippen molar-refractivity contribution in [2.24, 2.45) is 0 Å². The molecule has 2 N–H and O–H groups in total. The number of carbonyl (C=O) groups is 3. The van der Waals surface area contributed by atoms with Gasteiger partial charge in [-0.25, -0.2) is 4.39 Å². The van der Waals surface area contributed by atoms with Gasteiger partial charge in [0.05, 0.1) is 0 Å². The first kappa shape index (κ1) is 20.0. The molecular weight excluding hydrogens is 375 g/mol. The molecule has 1 aromatic rings. The third-order valence-corrected chi connectivity index (χ3v) is 6.17. The normalized spacial score (nSPS) is 24.8. The first-order valence-corrected chi connectivity index (χ1v) is 10.3. The molecule has 0 aromatic heterocycles. The highest BCUT2D eigenvalue weighted by Gasteiger charge is 2.40. The number of amides is 3. The molecule has 3 amide bonds. The maximum atomic E-state index is 13.2. The number of fused-ring (bicyclic) bond motifs is 1. The minimum Gasteiger partial charge on any atom is -0.322 e. The molecule has 29 heavy (non-hydrogen) atoms. The van der Waals surface area contributed by atoms with Crippen LogP contribution in [0.1, 0.15) is 47.2 Å². The van der Waals surface area contributed by atoms with Crippen LogP contribution in [0.15, 0.2) is 18.2 Å². The van der Waals surface area contributed by atoms with Crippen LogP contribution in [-0.2, 0) is 22.7 Å². The summed E-state index contributed by atoms with van der Waals surface area (Å²) in [6, 6.07) is 5.38. The molecule has 8 heteroatoms. The van der Waals surface area contributed by atoms with E-state index in [4.69, 9.17) is 0 Å². The molecule has 3 heterocycles. The molecular formula is C21H27FN4O3. The monoisotopic (exact) mass is 402 g/mol. The van der Waals surface area contributed by atoms with E-state index in [1.54, 1.807) is 4.90 Å². The summed E-state index contributed by atoms with van der Waals surface area (Å²) in [6.07, 6.45) is 2.66. The summed E-state index contributed by atoms with van der Waals surface area (Å²) in [5.41, 5.74) is 2.39. The van der Waals surface area contributed by atoms with E-state index in [9.17, 15) is 18.8 Å². The van der Waals surface area contributed by atoms with Crippen molar-refractivity contribution in [1.82, 2.24) is 20.4 Å². The van der Waals surface area contributed by atoms with Crippen LogP contribution in [0, 0.1) is 0 Å². The number of nitrogens with one attached hydrogen (secondary N) is 2. The van der Waals surface area contributed by atoms with Crippen LogP contribution in [0.2, 0.25) is 0 Å². The zero-order valence-corrected chi connectivity index (χ0v) is 16.5. The number of piperidine rings is 2. The maximum Gasteiger partial charge on any atom is 0.255 e. The van der Waals surface area contributed by atoms with Gasteiger partial charge in [0, 0.05) is 44.2 Å². The van der Waals surface area contributed by atoms with Gasteiger partial charge in [-0.1, -0.05) is 18.2 Å². The summed E-state index contributed by atoms with van der Waals surface area (Å²) in [5, 5.41) is 5.70. The predicted molar refractivity (Wildman–Crippen MR) is 105 cm³/mol. The van der Waals surface area contributed by atoms with Crippen molar-refractivity contribution in [2.75, 3.05) is 26.3 Å². The molecule has 2 saturated heterocycles. The highest BCUT2D eigenvalue weighted by atomic mass is 19.1. The van der Waals surface area contributed by atoms with Gasteiger partial charge in [-0.3, -0.25) is 24.6 Å². The molecule has 7 nitrogen and oxygen atoms in total. The Hall–Kier alpha value is -2.32. The molecule has 1 aromatic carbocycles. The fourth-order valence-electron chi connectivity index (χ4n) is 4.68. The second-order valence-corrected chi connectivity index (χ2v) is 8.01. The molecule has 156 valence electrons. The van der Waals surface area contributed by atoms with Crippen LogP contribution >= 0.6 is 0 Å². The Balaban J connectivity index is 1.55. The molecule has 2 atom stereocenters. The maximum absolute atomic E-state index is 13.2. The largest absolute Gasteiger partial charge is 0.322 e. The van der Waals surface area contributed by atoms with E-state index in [1.165, 1.54) is 0 Å². The average Bonchev–Trinajstić information content (AvgIpc) is 3.06. The summed E-state index contributed by atoms with van der Waals surface area (Å²) >= 11 is 0. The van der Waals surface area contributed by atoms with Crippen LogP contribution in [0.25, 0.3) is 0 Å². The predicted octanol–water partition coefficient (Wildman–Crippen LogP) is 0.971. The van der Waals surface area contributed by atoms with Crippen molar-refractivity contribution in [3.63, 3.8) is 0 Å². The fraction of sp³-hybridized carbons (Fsp3) is 0.571. The van der Waals surface area contributed by atoms with Crippen LogP contribution in [-0.4, -0.2) is 65.9 Å². The fourth-order valence-corrected chi connectivity index (χ4v) is 4.68. The first-order chi connectivity index (χ1) is 14.1. The van der Waals surface area contributed by atoms with Gasteiger partial charge in [-0.15, -0.1) is 0 Å². The summed E-state index contributed by atoms with van der Waals surface area (Å²) < 4.78 is 13.2. The van der Waals surface area contributed by atoms with Gasteiger partial charge >= 0.3 is 0 Å². The Bertz CT molecular complexity index is 809. The second-order valence-electron chi connectivity index (χ2n) is 8.01. The quantitative estimate of drug-likeness (QED) is 0.693. The van der Waals surface area contributed by atoms with E-state index >= 15 is 0 Å². The Morgan fingerprint density at radius 2 is 2.07 bits per heavy atom. The smallest absolute Gasteiger partial charge is 0.255 e. The van der Waals surface area contributed by atoms with Gasteiger partial charge in [0.2, 0.25) is 11.8 Å². The number of nitrogens with zero attached hydrogens (tertiary/aromatic N) is 2. The molecule has 0 radical (unpaired) electrons. The molecule has 0 bridgehead atoms. The van der Waals surface area contributed by atoms with Crippen molar-refractivity contribution < 1.29 is 18.8 Å². The summed E-state index contributed by atoms with van der Waals surface area (Å²) in [7, 11) is 0. The zero-order chi connectivity index (χ0) is 20.4. The topological polar surface area (TPSA) is 81.8 Å². The number of imide groups is 1. The van der Waals surface area contributed by atoms with Gasteiger partial charge in [0.1, 0.15) is 12.7 Å². The zero-order valence-electron chi connectivity index (χ0n) is 16.5. The van der Waals surface area contributed by atoms with Crippen molar-refractivity contribution >= 4 is 17.7 Å². The van der Waals surface area contributed by atoms with E-state index in [0.29, 0.717) is 31.6 Å². The Labute approximate surface area is 169 Å². The van der Waals surface area contributed by atoms with Gasteiger partial charge in [-0.05, 0) is 36.9 Å². The minimum absolute atomic E-state index is 0.174. The lowest BCUT2D eigenvalue weighted by atomic mass is 10.00. The molecule has 3 aliphatic heterocycles. The molecule has 0 saturated carbocycles. The standard InChI is InChI=1S/C21H27FN4O3/c22-8-10-25(16-5-2-9-23-11-16)12-14-3-1-4-15-13-26(21(29)19(14)15)17-6-7-18(27)24-20(17)28/h1,3-4,16-17,23H,2,5-13H2,(H,24,27,28). The van der Waals surface area contributed by atoms with Gasteiger partial charge in [-0.2, -0.15) is 0 Å². The Morgan fingerprint density at radius 3 is 2.79 bits per heavy atom. The third-order valence-electron chi connectivity index (χ3n) is 6.17. The Morgan fingerprint density at radius 1 is 1.21 bits per heavy atom. The Kier molecular flexibility index (Phi) is 5.91. The van der Waals surface area contributed by atoms with Gasteiger partial charge in [0.25, 0.3) is 5.91 Å². The summed E-state index contributed by atoms with van der Waals surface area (Å²) in [4.78, 5) is 40.6.